The molecule has 0 bridgehead atoms. The number of hydrogen-bond acceptors (Lipinski definition) is 5. The van der Waals surface area contributed by atoms with Crippen molar-refractivity contribution in [2.75, 3.05) is 0 Å². The van der Waals surface area contributed by atoms with Crippen molar-refractivity contribution in [1.29, 1.82) is 0 Å². The van der Waals surface area contributed by atoms with E-state index in [1.165, 1.54) is 60.5 Å². The number of hydrogen-bond donors (Lipinski definition) is 0. The lowest BCUT2D eigenvalue weighted by molar-refractivity contribution is 0.653. The van der Waals surface area contributed by atoms with Gasteiger partial charge in [-0.05, 0) is 103 Å². The zero-order valence-corrected chi connectivity index (χ0v) is 35.7. The van der Waals surface area contributed by atoms with Crippen LogP contribution in [0, 0.1) is 0 Å². The quantitative estimate of drug-likeness (QED) is 0.166. The van der Waals surface area contributed by atoms with Crippen molar-refractivity contribution in [3.05, 3.63) is 186 Å². The first-order valence-corrected chi connectivity index (χ1v) is 22.1. The van der Waals surface area contributed by atoms with Crippen molar-refractivity contribution in [1.82, 2.24) is 15.0 Å². The predicted molar refractivity (Wildman–Crippen MR) is 261 cm³/mol. The summed E-state index contributed by atoms with van der Waals surface area (Å²) in [5.41, 5.74) is 15.8. The van der Waals surface area contributed by atoms with Crippen LogP contribution in [0.15, 0.2) is 173 Å². The van der Waals surface area contributed by atoms with Crippen molar-refractivity contribution >= 4 is 65.4 Å². The topological polar surface area (TPSA) is 65.0 Å². The van der Waals surface area contributed by atoms with Gasteiger partial charge in [0.25, 0.3) is 0 Å². The van der Waals surface area contributed by atoms with Crippen LogP contribution in [0.3, 0.4) is 0 Å². The minimum atomic E-state index is -0.285. The molecule has 0 spiro atoms. The summed E-state index contributed by atoms with van der Waals surface area (Å²) in [5, 5.41) is 8.96. The van der Waals surface area contributed by atoms with E-state index in [4.69, 9.17) is 23.8 Å². The van der Waals surface area contributed by atoms with Crippen LogP contribution in [0.5, 0.6) is 0 Å². The Kier molecular flexibility index (Phi) is 6.91. The first-order valence-electron chi connectivity index (χ1n) is 22.1. The molecule has 3 aromatic heterocycles. The van der Waals surface area contributed by atoms with Crippen LogP contribution in [-0.2, 0) is 10.8 Å². The summed E-state index contributed by atoms with van der Waals surface area (Å²) in [6, 6.07) is 58.5. The molecule has 0 fully saturated rings. The molecule has 0 unspecified atom stereocenters. The number of aromatic nitrogens is 3. The third-order valence-corrected chi connectivity index (χ3v) is 14.5. The predicted octanol–water partition coefficient (Wildman–Crippen LogP) is 15.6. The third-order valence-electron chi connectivity index (χ3n) is 14.5. The molecule has 14 rings (SSSR count). The molecule has 0 amide bonds. The van der Waals surface area contributed by atoms with E-state index in [-0.39, 0.29) is 10.8 Å². The molecule has 302 valence electrons. The standard InChI is InChI=1S/C59H39N3O2/c1-58(2)45-18-10-6-15-39(45)52-46(58)31-43(51-40-16-8-12-20-48(40)64-54(51)52)57-61-55(60-56(62-57)35-26-28-49-42(30-35)37-14-7-11-19-47(37)63-49)34-24-22-32-21-23-33-25-27-38-36-13-5-9-17-44(36)59(3,4)53(38)50(33)41(32)29-34/h5-31H,1-4H3. The van der Waals surface area contributed by atoms with Crippen LogP contribution >= 0.6 is 0 Å². The number of rotatable bonds is 3. The van der Waals surface area contributed by atoms with Crippen LogP contribution in [0.25, 0.3) is 122 Å². The lowest BCUT2D eigenvalue weighted by atomic mass is 9.79. The minimum absolute atomic E-state index is 0.182. The summed E-state index contributed by atoms with van der Waals surface area (Å²) >= 11 is 0. The number of para-hydroxylation sites is 2. The second-order valence-corrected chi connectivity index (χ2v) is 18.7. The van der Waals surface area contributed by atoms with Crippen molar-refractivity contribution in [2.45, 2.75) is 38.5 Å². The van der Waals surface area contributed by atoms with E-state index >= 15 is 0 Å². The Morgan fingerprint density at radius 1 is 0.375 bits per heavy atom. The number of fused-ring (bicyclic) bond motifs is 17. The molecule has 3 heterocycles. The Morgan fingerprint density at radius 2 is 0.953 bits per heavy atom. The summed E-state index contributed by atoms with van der Waals surface area (Å²) in [7, 11) is 0. The number of furan rings is 2. The van der Waals surface area contributed by atoms with Gasteiger partial charge < -0.3 is 8.83 Å². The monoisotopic (exact) mass is 821 g/mol. The molecular weight excluding hydrogens is 783 g/mol. The molecule has 9 aromatic carbocycles. The Balaban J connectivity index is 1.06. The second-order valence-electron chi connectivity index (χ2n) is 18.7. The summed E-state index contributed by atoms with van der Waals surface area (Å²) in [4.78, 5) is 16.3. The fourth-order valence-electron chi connectivity index (χ4n) is 11.4. The lowest BCUT2D eigenvalue weighted by Gasteiger charge is -2.24. The van der Waals surface area contributed by atoms with Crippen molar-refractivity contribution in [2.24, 2.45) is 0 Å². The van der Waals surface area contributed by atoms with E-state index < -0.39 is 0 Å². The highest BCUT2D eigenvalue weighted by atomic mass is 16.3. The Morgan fingerprint density at radius 3 is 1.75 bits per heavy atom. The van der Waals surface area contributed by atoms with Gasteiger partial charge in [-0.3, -0.25) is 0 Å². The van der Waals surface area contributed by atoms with Crippen molar-refractivity contribution in [3.63, 3.8) is 0 Å². The fraction of sp³-hybridized carbons (Fsp3) is 0.102. The Labute approximate surface area is 368 Å². The largest absolute Gasteiger partial charge is 0.456 e. The SMILES string of the molecule is CC1(C)c2ccccc2-c2c1cc(-c1nc(-c3ccc4oc5ccccc5c4c3)nc(-c3ccc4ccc5ccc6c(c5c4c3)C(C)(C)c3ccccc3-6)n1)c1c2oc2ccccc21. The molecule has 0 saturated heterocycles. The molecule has 2 aliphatic rings. The molecule has 64 heavy (non-hydrogen) atoms. The highest BCUT2D eigenvalue weighted by Gasteiger charge is 2.40. The van der Waals surface area contributed by atoms with Gasteiger partial charge in [-0.25, -0.2) is 15.0 Å². The van der Waals surface area contributed by atoms with E-state index in [9.17, 15) is 0 Å². The van der Waals surface area contributed by atoms with E-state index in [0.717, 1.165) is 66.1 Å². The second kappa shape index (κ2) is 12.4. The van der Waals surface area contributed by atoms with Crippen molar-refractivity contribution < 1.29 is 8.83 Å². The molecule has 0 N–H and O–H groups in total. The molecular formula is C59H39N3O2. The molecule has 0 saturated carbocycles. The molecule has 5 nitrogen and oxygen atoms in total. The van der Waals surface area contributed by atoms with Crippen LogP contribution < -0.4 is 0 Å². The normalized spacial score (nSPS) is 14.5. The van der Waals surface area contributed by atoms with E-state index in [1.807, 2.05) is 24.3 Å². The van der Waals surface area contributed by atoms with Gasteiger partial charge in [-0.2, -0.15) is 0 Å². The fourth-order valence-corrected chi connectivity index (χ4v) is 11.4. The average molecular weight is 822 g/mol. The molecule has 12 aromatic rings. The maximum absolute atomic E-state index is 6.90. The molecule has 0 radical (unpaired) electrons. The van der Waals surface area contributed by atoms with Gasteiger partial charge in [0.2, 0.25) is 0 Å². The van der Waals surface area contributed by atoms with E-state index in [1.54, 1.807) is 0 Å². The van der Waals surface area contributed by atoms with E-state index in [2.05, 4.69) is 167 Å². The van der Waals surface area contributed by atoms with Gasteiger partial charge in [0.1, 0.15) is 22.3 Å². The molecule has 0 aliphatic heterocycles. The van der Waals surface area contributed by atoms with E-state index in [0.29, 0.717) is 17.5 Å². The highest BCUT2D eigenvalue weighted by Crippen LogP contribution is 2.55. The van der Waals surface area contributed by atoms with Crippen LogP contribution in [0.1, 0.15) is 49.9 Å². The number of benzene rings is 9. The Hall–Kier alpha value is -7.89. The maximum Gasteiger partial charge on any atom is 0.164 e. The average Bonchev–Trinajstić information content (AvgIpc) is 4.03. The zero-order chi connectivity index (χ0) is 42.6. The summed E-state index contributed by atoms with van der Waals surface area (Å²) in [5.74, 6) is 1.79. The summed E-state index contributed by atoms with van der Waals surface area (Å²) < 4.78 is 13.2. The highest BCUT2D eigenvalue weighted by molar-refractivity contribution is 6.18. The third kappa shape index (κ3) is 4.70. The van der Waals surface area contributed by atoms with Crippen molar-refractivity contribution in [3.8, 4) is 56.4 Å². The van der Waals surface area contributed by atoms with Gasteiger partial charge in [0.15, 0.2) is 17.5 Å². The molecule has 2 aliphatic carbocycles. The molecule has 5 heteroatoms. The smallest absolute Gasteiger partial charge is 0.164 e. The zero-order valence-electron chi connectivity index (χ0n) is 35.7. The van der Waals surface area contributed by atoms with Crippen LogP contribution in [0.2, 0.25) is 0 Å². The van der Waals surface area contributed by atoms with Gasteiger partial charge in [-0.1, -0.05) is 149 Å². The summed E-state index contributed by atoms with van der Waals surface area (Å²) in [6.45, 7) is 9.34. The first kappa shape index (κ1) is 35.7. The van der Waals surface area contributed by atoms with Gasteiger partial charge >= 0.3 is 0 Å². The van der Waals surface area contributed by atoms with Gasteiger partial charge in [-0.15, -0.1) is 0 Å². The van der Waals surface area contributed by atoms with Gasteiger partial charge in [0.05, 0.1) is 0 Å². The van der Waals surface area contributed by atoms with Crippen LogP contribution in [-0.4, -0.2) is 15.0 Å². The lowest BCUT2D eigenvalue weighted by Crippen LogP contribution is -2.15. The van der Waals surface area contributed by atoms with Crippen LogP contribution in [0.4, 0.5) is 0 Å². The Bertz CT molecular complexity index is 4030. The summed E-state index contributed by atoms with van der Waals surface area (Å²) in [6.07, 6.45) is 0. The minimum Gasteiger partial charge on any atom is -0.456 e. The number of nitrogens with zero attached hydrogens (tertiary/aromatic N) is 3. The maximum atomic E-state index is 6.90. The first-order chi connectivity index (χ1) is 31.2. The molecule has 0 atom stereocenters. The van der Waals surface area contributed by atoms with Gasteiger partial charge in [0, 0.05) is 54.6 Å².